The van der Waals surface area contributed by atoms with E-state index in [1.165, 1.54) is 16.7 Å². The van der Waals surface area contributed by atoms with Gasteiger partial charge in [0.25, 0.3) is 0 Å². The first-order valence-corrected chi connectivity index (χ1v) is 5.92. The van der Waals surface area contributed by atoms with Gasteiger partial charge in [0.2, 0.25) is 0 Å². The van der Waals surface area contributed by atoms with Crippen molar-refractivity contribution in [2.75, 3.05) is 26.8 Å². The predicted molar refractivity (Wildman–Crippen MR) is 69.1 cm³/mol. The Morgan fingerprint density at radius 1 is 1.31 bits per heavy atom. The van der Waals surface area contributed by atoms with Crippen molar-refractivity contribution in [1.29, 1.82) is 0 Å². The zero-order valence-electron chi connectivity index (χ0n) is 10.8. The van der Waals surface area contributed by atoms with Crippen molar-refractivity contribution in [1.82, 2.24) is 5.32 Å². The fourth-order valence-electron chi connectivity index (χ4n) is 1.89. The van der Waals surface area contributed by atoms with E-state index in [9.17, 15) is 0 Å². The summed E-state index contributed by atoms with van der Waals surface area (Å²) < 4.78 is 5.01. The van der Waals surface area contributed by atoms with Crippen LogP contribution in [0.5, 0.6) is 0 Å². The van der Waals surface area contributed by atoms with Gasteiger partial charge in [-0.1, -0.05) is 30.7 Å². The molecule has 0 bridgehead atoms. The molecule has 0 aliphatic rings. The number of hydrogen-bond acceptors (Lipinski definition) is 2. The summed E-state index contributed by atoms with van der Waals surface area (Å²) in [4.78, 5) is 0. The minimum atomic E-state index is 0.553. The molecular weight excluding hydrogens is 198 g/mol. The summed E-state index contributed by atoms with van der Waals surface area (Å²) in [5.74, 6) is 0.553. The lowest BCUT2D eigenvalue weighted by atomic mass is 9.94. The summed E-state index contributed by atoms with van der Waals surface area (Å²) in [6.45, 7) is 9.30. The minimum Gasteiger partial charge on any atom is -0.383 e. The number of rotatable bonds is 6. The van der Waals surface area contributed by atoms with Gasteiger partial charge in [0.1, 0.15) is 0 Å². The van der Waals surface area contributed by atoms with Gasteiger partial charge in [0.05, 0.1) is 6.61 Å². The molecule has 0 spiro atoms. The summed E-state index contributed by atoms with van der Waals surface area (Å²) >= 11 is 0. The number of aryl methyl sites for hydroxylation is 2. The molecule has 0 aromatic heterocycles. The van der Waals surface area contributed by atoms with Crippen molar-refractivity contribution < 1.29 is 4.74 Å². The lowest BCUT2D eigenvalue weighted by molar-refractivity contribution is 0.199. The normalized spacial score (nSPS) is 12.8. The van der Waals surface area contributed by atoms with Crippen molar-refractivity contribution in [3.8, 4) is 0 Å². The van der Waals surface area contributed by atoms with Gasteiger partial charge >= 0.3 is 0 Å². The lowest BCUT2D eigenvalue weighted by Gasteiger charge is -2.16. The van der Waals surface area contributed by atoms with Gasteiger partial charge in [-0.25, -0.2) is 0 Å². The molecule has 0 heterocycles. The smallest absolute Gasteiger partial charge is 0.0587 e. The molecule has 1 atom stereocenters. The lowest BCUT2D eigenvalue weighted by Crippen LogP contribution is -2.24. The molecule has 1 rings (SSSR count). The van der Waals surface area contributed by atoms with E-state index >= 15 is 0 Å². The Bertz CT molecular complexity index is 323. The Morgan fingerprint density at radius 3 is 2.75 bits per heavy atom. The van der Waals surface area contributed by atoms with Crippen LogP contribution in [0.3, 0.4) is 0 Å². The second-order valence-corrected chi connectivity index (χ2v) is 4.46. The maximum absolute atomic E-state index is 5.01. The SMILES string of the molecule is COCCNCC(C)c1cc(C)ccc1C. The third-order valence-electron chi connectivity index (χ3n) is 2.90. The second-order valence-electron chi connectivity index (χ2n) is 4.46. The Balaban J connectivity index is 2.51. The highest BCUT2D eigenvalue weighted by Gasteiger charge is 2.07. The number of nitrogens with one attached hydrogen (secondary N) is 1. The molecule has 0 saturated carbocycles. The standard InChI is InChI=1S/C14H23NO/c1-11-5-6-12(2)14(9-11)13(3)10-15-7-8-16-4/h5-6,9,13,15H,7-8,10H2,1-4H3. The average Bonchev–Trinajstić information content (AvgIpc) is 2.27. The van der Waals surface area contributed by atoms with Crippen LogP contribution in [0.2, 0.25) is 0 Å². The van der Waals surface area contributed by atoms with Crippen molar-refractivity contribution in [2.24, 2.45) is 0 Å². The van der Waals surface area contributed by atoms with Gasteiger partial charge in [-0.3, -0.25) is 0 Å². The molecule has 2 heteroatoms. The molecule has 0 saturated heterocycles. The molecule has 90 valence electrons. The van der Waals surface area contributed by atoms with Gasteiger partial charge in [-0.05, 0) is 30.9 Å². The fourth-order valence-corrected chi connectivity index (χ4v) is 1.89. The topological polar surface area (TPSA) is 21.3 Å². The van der Waals surface area contributed by atoms with Gasteiger partial charge in [0.15, 0.2) is 0 Å². The number of ether oxygens (including phenoxy) is 1. The van der Waals surface area contributed by atoms with Gasteiger partial charge in [0, 0.05) is 20.2 Å². The Hall–Kier alpha value is -0.860. The second kappa shape index (κ2) is 6.66. The molecule has 0 aliphatic carbocycles. The van der Waals surface area contributed by atoms with Crippen LogP contribution in [0, 0.1) is 13.8 Å². The van der Waals surface area contributed by atoms with Crippen LogP contribution in [-0.4, -0.2) is 26.8 Å². The maximum atomic E-state index is 5.01. The van der Waals surface area contributed by atoms with E-state index in [2.05, 4.69) is 44.3 Å². The monoisotopic (exact) mass is 221 g/mol. The highest BCUT2D eigenvalue weighted by molar-refractivity contribution is 5.33. The largest absolute Gasteiger partial charge is 0.383 e. The molecule has 1 aromatic carbocycles. The van der Waals surface area contributed by atoms with E-state index in [0.29, 0.717) is 5.92 Å². The first-order valence-electron chi connectivity index (χ1n) is 5.92. The van der Waals surface area contributed by atoms with Crippen LogP contribution in [-0.2, 0) is 4.74 Å². The van der Waals surface area contributed by atoms with Crippen LogP contribution in [0.15, 0.2) is 18.2 Å². The average molecular weight is 221 g/mol. The predicted octanol–water partition coefficient (Wildman–Crippen LogP) is 2.64. The Labute approximate surface area is 99.0 Å². The number of hydrogen-bond donors (Lipinski definition) is 1. The summed E-state index contributed by atoms with van der Waals surface area (Å²) in [6, 6.07) is 6.66. The first kappa shape index (κ1) is 13.2. The molecule has 1 N–H and O–H groups in total. The zero-order chi connectivity index (χ0) is 12.0. The summed E-state index contributed by atoms with van der Waals surface area (Å²) in [6.07, 6.45) is 0. The van der Waals surface area contributed by atoms with Crippen molar-refractivity contribution >= 4 is 0 Å². The quantitative estimate of drug-likeness (QED) is 0.746. The molecule has 0 amide bonds. The third-order valence-corrected chi connectivity index (χ3v) is 2.90. The van der Waals surface area contributed by atoms with Crippen LogP contribution in [0.1, 0.15) is 29.5 Å². The first-order chi connectivity index (χ1) is 7.65. The Kier molecular flexibility index (Phi) is 5.50. The summed E-state index contributed by atoms with van der Waals surface area (Å²) in [5, 5.41) is 3.41. The molecule has 1 unspecified atom stereocenters. The fraction of sp³-hybridized carbons (Fsp3) is 0.571. The Morgan fingerprint density at radius 2 is 2.06 bits per heavy atom. The van der Waals surface area contributed by atoms with Crippen LogP contribution >= 0.6 is 0 Å². The number of methoxy groups -OCH3 is 1. The van der Waals surface area contributed by atoms with E-state index in [1.54, 1.807) is 7.11 Å². The molecule has 0 aliphatic heterocycles. The van der Waals surface area contributed by atoms with E-state index in [1.807, 2.05) is 0 Å². The molecule has 2 nitrogen and oxygen atoms in total. The van der Waals surface area contributed by atoms with E-state index in [0.717, 1.165) is 19.7 Å². The van der Waals surface area contributed by atoms with Gasteiger partial charge in [-0.2, -0.15) is 0 Å². The van der Waals surface area contributed by atoms with E-state index in [-0.39, 0.29) is 0 Å². The minimum absolute atomic E-state index is 0.553. The zero-order valence-corrected chi connectivity index (χ0v) is 10.8. The molecule has 1 aromatic rings. The van der Waals surface area contributed by atoms with Crippen LogP contribution in [0.25, 0.3) is 0 Å². The van der Waals surface area contributed by atoms with Crippen LogP contribution in [0.4, 0.5) is 0 Å². The van der Waals surface area contributed by atoms with Gasteiger partial charge < -0.3 is 10.1 Å². The molecule has 0 fully saturated rings. The van der Waals surface area contributed by atoms with Crippen LogP contribution < -0.4 is 5.32 Å². The molecule has 16 heavy (non-hydrogen) atoms. The van der Waals surface area contributed by atoms with Crippen molar-refractivity contribution in [3.63, 3.8) is 0 Å². The van der Waals surface area contributed by atoms with Crippen molar-refractivity contribution in [3.05, 3.63) is 34.9 Å². The summed E-state index contributed by atoms with van der Waals surface area (Å²) in [7, 11) is 1.73. The highest BCUT2D eigenvalue weighted by Crippen LogP contribution is 2.20. The summed E-state index contributed by atoms with van der Waals surface area (Å²) in [5.41, 5.74) is 4.17. The van der Waals surface area contributed by atoms with Crippen molar-refractivity contribution in [2.45, 2.75) is 26.7 Å². The molecular formula is C14H23NO. The van der Waals surface area contributed by atoms with E-state index in [4.69, 9.17) is 4.74 Å². The van der Waals surface area contributed by atoms with Gasteiger partial charge in [-0.15, -0.1) is 0 Å². The third kappa shape index (κ3) is 3.95. The maximum Gasteiger partial charge on any atom is 0.0587 e. The highest BCUT2D eigenvalue weighted by atomic mass is 16.5. The number of benzene rings is 1. The van der Waals surface area contributed by atoms with E-state index < -0.39 is 0 Å². The molecule has 0 radical (unpaired) electrons.